The van der Waals surface area contributed by atoms with Gasteiger partial charge >= 0.3 is 0 Å². The lowest BCUT2D eigenvalue weighted by Crippen LogP contribution is -2.33. The summed E-state index contributed by atoms with van der Waals surface area (Å²) >= 11 is 0. The van der Waals surface area contributed by atoms with Crippen LogP contribution in [0.4, 0.5) is 4.39 Å². The molecule has 2 aromatic rings. The number of benzene rings is 2. The van der Waals surface area contributed by atoms with Gasteiger partial charge in [-0.3, -0.25) is 4.79 Å². The van der Waals surface area contributed by atoms with Crippen LogP contribution in [0.5, 0.6) is 5.75 Å². The van der Waals surface area contributed by atoms with Crippen LogP contribution in [0.15, 0.2) is 48.5 Å². The minimum Gasteiger partial charge on any atom is -0.488 e. The summed E-state index contributed by atoms with van der Waals surface area (Å²) in [5.41, 5.74) is 1.25. The van der Waals surface area contributed by atoms with Crippen molar-refractivity contribution in [1.82, 2.24) is 5.32 Å². The van der Waals surface area contributed by atoms with E-state index in [0.717, 1.165) is 5.56 Å². The average Bonchev–Trinajstić information content (AvgIpc) is 2.55. The monoisotopic (exact) mass is 317 g/mol. The van der Waals surface area contributed by atoms with Gasteiger partial charge in [0, 0.05) is 12.6 Å². The molecular weight excluding hydrogens is 297 g/mol. The largest absolute Gasteiger partial charge is 0.488 e. The van der Waals surface area contributed by atoms with E-state index in [1.54, 1.807) is 36.4 Å². The molecule has 5 heteroatoms. The van der Waals surface area contributed by atoms with E-state index < -0.39 is 0 Å². The second kappa shape index (κ2) is 8.29. The van der Waals surface area contributed by atoms with Crippen LogP contribution in [0.25, 0.3) is 0 Å². The van der Waals surface area contributed by atoms with Crippen molar-refractivity contribution in [2.24, 2.45) is 0 Å². The van der Waals surface area contributed by atoms with Gasteiger partial charge in [-0.15, -0.1) is 0 Å². The third kappa shape index (κ3) is 5.07. The molecule has 0 spiro atoms. The zero-order chi connectivity index (χ0) is 16.7. The summed E-state index contributed by atoms with van der Waals surface area (Å²) in [7, 11) is 0. The minimum atomic E-state index is -0.300. The number of hydrogen-bond donors (Lipinski definition) is 2. The molecule has 23 heavy (non-hydrogen) atoms. The summed E-state index contributed by atoms with van der Waals surface area (Å²) in [5.74, 6) is -0.0856. The van der Waals surface area contributed by atoms with Crippen LogP contribution in [-0.4, -0.2) is 23.7 Å². The number of aliphatic hydroxyl groups excluding tert-OH is 1. The normalized spacial score (nSPS) is 11.8. The fourth-order valence-corrected chi connectivity index (χ4v) is 2.09. The number of rotatable bonds is 7. The van der Waals surface area contributed by atoms with Gasteiger partial charge in [0.05, 0.1) is 5.56 Å². The molecule has 1 atom stereocenters. The SMILES string of the molecule is CC(CCO)NC(=O)c1ccccc1OCc1ccc(F)cc1. The third-order valence-corrected chi connectivity index (χ3v) is 3.38. The Labute approximate surface area is 134 Å². The quantitative estimate of drug-likeness (QED) is 0.825. The maximum Gasteiger partial charge on any atom is 0.255 e. The lowest BCUT2D eigenvalue weighted by molar-refractivity contribution is 0.0930. The molecule has 0 aliphatic carbocycles. The fourth-order valence-electron chi connectivity index (χ4n) is 2.09. The van der Waals surface area contributed by atoms with Gasteiger partial charge in [0.25, 0.3) is 5.91 Å². The smallest absolute Gasteiger partial charge is 0.255 e. The topological polar surface area (TPSA) is 58.6 Å². The summed E-state index contributed by atoms with van der Waals surface area (Å²) in [6, 6.07) is 12.8. The van der Waals surface area contributed by atoms with E-state index in [0.29, 0.717) is 17.7 Å². The van der Waals surface area contributed by atoms with E-state index in [2.05, 4.69) is 5.32 Å². The summed E-state index contributed by atoms with van der Waals surface area (Å²) < 4.78 is 18.6. The number of amides is 1. The molecule has 0 aromatic heterocycles. The van der Waals surface area contributed by atoms with E-state index in [1.807, 2.05) is 6.92 Å². The van der Waals surface area contributed by atoms with Crippen LogP contribution in [0.3, 0.4) is 0 Å². The fraction of sp³-hybridized carbons (Fsp3) is 0.278. The molecule has 0 bridgehead atoms. The standard InChI is InChI=1S/C18H20FNO3/c1-13(10-11-21)20-18(22)16-4-2-3-5-17(16)23-12-14-6-8-15(19)9-7-14/h2-9,13,21H,10-12H2,1H3,(H,20,22). The first kappa shape index (κ1) is 17.0. The molecular formula is C18H20FNO3. The van der Waals surface area contributed by atoms with E-state index in [-0.39, 0.29) is 31.0 Å². The molecule has 122 valence electrons. The zero-order valence-corrected chi connectivity index (χ0v) is 13.0. The van der Waals surface area contributed by atoms with Crippen molar-refractivity contribution in [3.8, 4) is 5.75 Å². The molecule has 0 aliphatic rings. The van der Waals surface area contributed by atoms with Crippen LogP contribution in [0.1, 0.15) is 29.3 Å². The predicted molar refractivity (Wildman–Crippen MR) is 85.8 cm³/mol. The molecule has 0 fully saturated rings. The maximum atomic E-state index is 12.9. The second-order valence-corrected chi connectivity index (χ2v) is 5.30. The summed E-state index contributed by atoms with van der Waals surface area (Å²) in [5, 5.41) is 11.7. The molecule has 0 saturated heterocycles. The van der Waals surface area contributed by atoms with Crippen molar-refractivity contribution in [3.05, 3.63) is 65.5 Å². The van der Waals surface area contributed by atoms with Gasteiger partial charge in [-0.1, -0.05) is 24.3 Å². The van der Waals surface area contributed by atoms with Crippen molar-refractivity contribution >= 4 is 5.91 Å². The number of ether oxygens (including phenoxy) is 1. The Morgan fingerprint density at radius 1 is 1.22 bits per heavy atom. The first-order valence-electron chi connectivity index (χ1n) is 7.48. The third-order valence-electron chi connectivity index (χ3n) is 3.38. The van der Waals surface area contributed by atoms with Crippen LogP contribution in [0.2, 0.25) is 0 Å². The molecule has 2 rings (SSSR count). The zero-order valence-electron chi connectivity index (χ0n) is 13.0. The highest BCUT2D eigenvalue weighted by Gasteiger charge is 2.14. The molecule has 1 amide bonds. The van der Waals surface area contributed by atoms with Gasteiger partial charge in [0.1, 0.15) is 18.2 Å². The van der Waals surface area contributed by atoms with Gasteiger partial charge in [-0.25, -0.2) is 4.39 Å². The average molecular weight is 317 g/mol. The molecule has 2 N–H and O–H groups in total. The van der Waals surface area contributed by atoms with Gasteiger partial charge in [-0.05, 0) is 43.2 Å². The van der Waals surface area contributed by atoms with E-state index in [1.165, 1.54) is 12.1 Å². The van der Waals surface area contributed by atoms with Gasteiger partial charge in [-0.2, -0.15) is 0 Å². The molecule has 0 heterocycles. The first-order chi connectivity index (χ1) is 11.1. The first-order valence-corrected chi connectivity index (χ1v) is 7.48. The van der Waals surface area contributed by atoms with Crippen LogP contribution in [-0.2, 0) is 6.61 Å². The molecule has 1 unspecified atom stereocenters. The Balaban J connectivity index is 2.04. The summed E-state index contributed by atoms with van der Waals surface area (Å²) in [6.45, 7) is 2.09. The van der Waals surface area contributed by atoms with E-state index in [9.17, 15) is 9.18 Å². The maximum absolute atomic E-state index is 12.9. The lowest BCUT2D eigenvalue weighted by atomic mass is 10.1. The number of para-hydroxylation sites is 1. The number of halogens is 1. The van der Waals surface area contributed by atoms with E-state index >= 15 is 0 Å². The van der Waals surface area contributed by atoms with Gasteiger partial charge < -0.3 is 15.2 Å². The number of nitrogens with one attached hydrogen (secondary N) is 1. The van der Waals surface area contributed by atoms with Crippen molar-refractivity contribution < 1.29 is 19.0 Å². The second-order valence-electron chi connectivity index (χ2n) is 5.30. The summed E-state index contributed by atoms with van der Waals surface area (Å²) in [4.78, 5) is 12.3. The van der Waals surface area contributed by atoms with Crippen LogP contribution in [0, 0.1) is 5.82 Å². The number of hydrogen-bond acceptors (Lipinski definition) is 3. The molecule has 2 aromatic carbocycles. The molecule has 0 aliphatic heterocycles. The van der Waals surface area contributed by atoms with Gasteiger partial charge in [0.2, 0.25) is 0 Å². The lowest BCUT2D eigenvalue weighted by Gasteiger charge is -2.15. The highest BCUT2D eigenvalue weighted by Crippen LogP contribution is 2.19. The highest BCUT2D eigenvalue weighted by molar-refractivity contribution is 5.97. The van der Waals surface area contributed by atoms with E-state index in [4.69, 9.17) is 9.84 Å². The van der Waals surface area contributed by atoms with Crippen LogP contribution < -0.4 is 10.1 Å². The number of carbonyl (C=O) groups excluding carboxylic acids is 1. The molecule has 4 nitrogen and oxygen atoms in total. The number of aliphatic hydroxyl groups is 1. The van der Waals surface area contributed by atoms with Crippen molar-refractivity contribution in [2.75, 3.05) is 6.61 Å². The highest BCUT2D eigenvalue weighted by atomic mass is 19.1. The Hall–Kier alpha value is -2.40. The Morgan fingerprint density at radius 2 is 1.91 bits per heavy atom. The Morgan fingerprint density at radius 3 is 2.61 bits per heavy atom. The number of carbonyl (C=O) groups is 1. The minimum absolute atomic E-state index is 0.0180. The van der Waals surface area contributed by atoms with Crippen molar-refractivity contribution in [3.63, 3.8) is 0 Å². The van der Waals surface area contributed by atoms with Crippen LogP contribution >= 0.6 is 0 Å². The Kier molecular flexibility index (Phi) is 6.11. The summed E-state index contributed by atoms with van der Waals surface area (Å²) in [6.07, 6.45) is 0.490. The Bertz CT molecular complexity index is 643. The molecule has 0 radical (unpaired) electrons. The van der Waals surface area contributed by atoms with Gasteiger partial charge in [0.15, 0.2) is 0 Å². The van der Waals surface area contributed by atoms with Crippen molar-refractivity contribution in [1.29, 1.82) is 0 Å². The predicted octanol–water partition coefficient (Wildman–Crippen LogP) is 2.91. The molecule has 0 saturated carbocycles. The van der Waals surface area contributed by atoms with Crippen molar-refractivity contribution in [2.45, 2.75) is 26.0 Å².